The highest BCUT2D eigenvalue weighted by molar-refractivity contribution is 5.62. The van der Waals surface area contributed by atoms with Gasteiger partial charge < -0.3 is 15.2 Å². The minimum atomic E-state index is 0.709. The predicted octanol–water partition coefficient (Wildman–Crippen LogP) is 3.01. The third-order valence-corrected chi connectivity index (χ3v) is 6.34. The van der Waals surface area contributed by atoms with Gasteiger partial charge >= 0.3 is 0 Å². The fourth-order valence-electron chi connectivity index (χ4n) is 4.45. The van der Waals surface area contributed by atoms with Crippen molar-refractivity contribution in [2.75, 3.05) is 32.0 Å². The zero-order valence-electron chi connectivity index (χ0n) is 18.8. The second kappa shape index (κ2) is 9.13. The molecule has 0 radical (unpaired) electrons. The molecule has 0 aromatic carbocycles. The van der Waals surface area contributed by atoms with Crippen LogP contribution < -0.4 is 16.0 Å². The number of allylic oxidation sites excluding steroid dienone is 2. The Bertz CT molecular complexity index is 1040. The zero-order valence-corrected chi connectivity index (χ0v) is 18.8. The molecule has 6 nitrogen and oxygen atoms in total. The number of hydrogen-bond donors (Lipinski definition) is 2. The van der Waals surface area contributed by atoms with E-state index in [9.17, 15) is 0 Å². The van der Waals surface area contributed by atoms with Crippen LogP contribution in [0.25, 0.3) is 23.0 Å². The summed E-state index contributed by atoms with van der Waals surface area (Å²) in [5.41, 5.74) is 4.45. The first-order valence-electron chi connectivity index (χ1n) is 11.2. The monoisotopic (exact) mass is 406 g/mol. The van der Waals surface area contributed by atoms with Crippen LogP contribution in [0.5, 0.6) is 0 Å². The molecule has 0 saturated carbocycles. The van der Waals surface area contributed by atoms with Crippen LogP contribution in [0.4, 0.5) is 5.95 Å². The minimum Gasteiger partial charge on any atom is -0.354 e. The second-order valence-electron chi connectivity index (χ2n) is 8.94. The first-order valence-corrected chi connectivity index (χ1v) is 11.2. The molecule has 0 spiro atoms. The van der Waals surface area contributed by atoms with Gasteiger partial charge in [0.2, 0.25) is 5.95 Å². The molecule has 3 heterocycles. The lowest BCUT2D eigenvalue weighted by Crippen LogP contribution is -2.30. The number of fused-ring (bicyclic) bond motifs is 1. The van der Waals surface area contributed by atoms with Crippen LogP contribution in [-0.2, 0) is 0 Å². The average Bonchev–Trinajstić information content (AvgIpc) is 3.10. The number of aromatic amines is 1. The van der Waals surface area contributed by atoms with Crippen LogP contribution in [0.3, 0.4) is 0 Å². The lowest BCUT2D eigenvalue weighted by molar-refractivity contribution is 0.211. The molecule has 4 rings (SSSR count). The fourth-order valence-corrected chi connectivity index (χ4v) is 4.45. The molecular formula is C24H34N6. The Labute approximate surface area is 179 Å². The summed E-state index contributed by atoms with van der Waals surface area (Å²) in [5, 5.41) is 5.51. The van der Waals surface area contributed by atoms with Crippen molar-refractivity contribution in [1.82, 2.24) is 24.8 Å². The van der Waals surface area contributed by atoms with E-state index in [1.807, 2.05) is 13.1 Å². The number of H-pyrrole nitrogens is 1. The highest BCUT2D eigenvalue weighted by Gasteiger charge is 2.16. The number of piperidine rings is 1. The van der Waals surface area contributed by atoms with Gasteiger partial charge in [0.05, 0.1) is 22.0 Å². The zero-order chi connectivity index (χ0) is 21.1. The van der Waals surface area contributed by atoms with Crippen LogP contribution in [0, 0.1) is 12.8 Å². The second-order valence-corrected chi connectivity index (χ2v) is 8.94. The maximum Gasteiger partial charge on any atom is 0.222 e. The molecule has 2 N–H and O–H groups in total. The highest BCUT2D eigenvalue weighted by atomic mass is 15.1. The molecule has 1 saturated heterocycles. The van der Waals surface area contributed by atoms with E-state index in [0.29, 0.717) is 5.95 Å². The Balaban J connectivity index is 1.39. The number of imidazole rings is 1. The van der Waals surface area contributed by atoms with Crippen molar-refractivity contribution < 1.29 is 0 Å². The molecule has 2 aromatic rings. The van der Waals surface area contributed by atoms with Crippen molar-refractivity contribution in [1.29, 1.82) is 0 Å². The smallest absolute Gasteiger partial charge is 0.222 e. The summed E-state index contributed by atoms with van der Waals surface area (Å²) in [7, 11) is 2.22. The van der Waals surface area contributed by atoms with Gasteiger partial charge in [0.15, 0.2) is 0 Å². The van der Waals surface area contributed by atoms with Crippen molar-refractivity contribution in [2.24, 2.45) is 5.92 Å². The van der Waals surface area contributed by atoms with Gasteiger partial charge in [-0.05, 0) is 84.5 Å². The normalized spacial score (nSPS) is 17.9. The maximum absolute atomic E-state index is 4.85. The van der Waals surface area contributed by atoms with E-state index in [1.165, 1.54) is 49.9 Å². The topological polar surface area (TPSA) is 69.7 Å². The molecule has 0 amide bonds. The standard InChI is InChI=1S/C24H34N6/c1-16-7-8-21-22(17(2)14-16)29-23(28-21)20-15-26-24(27-18(20)3)25-11-5-6-19-9-12-30(4)13-10-19/h8,14-15,19H,5-7,9-13H2,1-4H3,(H,28,29)(H,25,26,27). The number of nitrogens with zero attached hydrogens (tertiary/aromatic N) is 4. The van der Waals surface area contributed by atoms with E-state index in [4.69, 9.17) is 4.98 Å². The molecule has 0 bridgehead atoms. The van der Waals surface area contributed by atoms with Gasteiger partial charge in [-0.3, -0.25) is 0 Å². The van der Waals surface area contributed by atoms with Crippen molar-refractivity contribution in [3.63, 3.8) is 0 Å². The van der Waals surface area contributed by atoms with Crippen molar-refractivity contribution in [3.8, 4) is 11.4 Å². The summed E-state index contributed by atoms with van der Waals surface area (Å²) >= 11 is 0. The molecule has 2 aromatic heterocycles. The number of aryl methyl sites for hydroxylation is 1. The Kier molecular flexibility index (Phi) is 6.32. The Morgan fingerprint density at radius 3 is 2.73 bits per heavy atom. The minimum absolute atomic E-state index is 0.709. The molecule has 0 unspecified atom stereocenters. The summed E-state index contributed by atoms with van der Waals surface area (Å²) < 4.78 is 0. The molecule has 1 aliphatic heterocycles. The van der Waals surface area contributed by atoms with Crippen LogP contribution in [-0.4, -0.2) is 51.5 Å². The van der Waals surface area contributed by atoms with Crippen LogP contribution in [0.15, 0.2) is 17.8 Å². The molecule has 160 valence electrons. The summed E-state index contributed by atoms with van der Waals surface area (Å²) in [5.74, 6) is 2.42. The van der Waals surface area contributed by atoms with Crippen molar-refractivity contribution >= 4 is 17.6 Å². The summed E-state index contributed by atoms with van der Waals surface area (Å²) in [6.45, 7) is 9.71. The van der Waals surface area contributed by atoms with Crippen molar-refractivity contribution in [2.45, 2.75) is 52.9 Å². The number of likely N-dealkylation sites (tertiary alicyclic amines) is 1. The molecule has 0 atom stereocenters. The Morgan fingerprint density at radius 1 is 1.17 bits per heavy atom. The molecule has 6 heteroatoms. The number of hydrogen-bond acceptors (Lipinski definition) is 5. The van der Waals surface area contributed by atoms with Crippen LogP contribution >= 0.6 is 0 Å². The predicted molar refractivity (Wildman–Crippen MR) is 123 cm³/mol. The molecular weight excluding hydrogens is 372 g/mol. The fraction of sp³-hybridized carbons (Fsp3) is 0.542. The Morgan fingerprint density at radius 2 is 1.97 bits per heavy atom. The van der Waals surface area contributed by atoms with Gasteiger partial charge in [0.25, 0.3) is 0 Å². The first-order chi connectivity index (χ1) is 14.5. The lowest BCUT2D eigenvalue weighted by Gasteiger charge is -2.28. The van der Waals surface area contributed by atoms with E-state index in [1.54, 1.807) is 0 Å². The van der Waals surface area contributed by atoms with E-state index < -0.39 is 0 Å². The highest BCUT2D eigenvalue weighted by Crippen LogP contribution is 2.21. The summed E-state index contributed by atoms with van der Waals surface area (Å²) in [6, 6.07) is 0. The largest absolute Gasteiger partial charge is 0.354 e. The van der Waals surface area contributed by atoms with E-state index >= 15 is 0 Å². The number of anilines is 1. The van der Waals surface area contributed by atoms with Crippen molar-refractivity contribution in [3.05, 3.63) is 34.2 Å². The molecule has 1 aliphatic carbocycles. The Hall–Kier alpha value is -2.47. The number of rotatable bonds is 6. The third-order valence-electron chi connectivity index (χ3n) is 6.34. The molecule has 1 fully saturated rings. The van der Waals surface area contributed by atoms with Gasteiger partial charge in [-0.2, -0.15) is 0 Å². The molecule has 30 heavy (non-hydrogen) atoms. The molecule has 2 aliphatic rings. The number of nitrogens with one attached hydrogen (secondary N) is 2. The summed E-state index contributed by atoms with van der Waals surface area (Å²) in [6.07, 6.45) is 12.4. The number of aromatic nitrogens is 4. The van der Waals surface area contributed by atoms with Gasteiger partial charge in [0.1, 0.15) is 5.82 Å². The SMILES string of the molecule is CC1=CC(C)=c2nc(-c3cnc(NCCCC4CCN(C)CC4)nc3C)[nH]c2=CC1. The lowest BCUT2D eigenvalue weighted by atomic mass is 9.92. The van der Waals surface area contributed by atoms with E-state index in [0.717, 1.165) is 46.7 Å². The summed E-state index contributed by atoms with van der Waals surface area (Å²) in [4.78, 5) is 20.0. The van der Waals surface area contributed by atoms with Gasteiger partial charge in [-0.1, -0.05) is 17.7 Å². The first kappa shape index (κ1) is 20.8. The van der Waals surface area contributed by atoms with Crippen LogP contribution in [0.2, 0.25) is 0 Å². The third kappa shape index (κ3) is 4.81. The quantitative estimate of drug-likeness (QED) is 0.722. The van der Waals surface area contributed by atoms with Gasteiger partial charge in [0, 0.05) is 12.7 Å². The van der Waals surface area contributed by atoms with Gasteiger partial charge in [-0.25, -0.2) is 15.0 Å². The average molecular weight is 407 g/mol. The maximum atomic E-state index is 4.85. The van der Waals surface area contributed by atoms with Gasteiger partial charge in [-0.15, -0.1) is 0 Å². The van der Waals surface area contributed by atoms with Crippen LogP contribution in [0.1, 0.15) is 51.6 Å². The van der Waals surface area contributed by atoms with E-state index in [2.05, 4.69) is 58.2 Å². The van der Waals surface area contributed by atoms with E-state index in [-0.39, 0.29) is 0 Å².